The molecule has 7 unspecified atom stereocenters. The molecule has 6 heteroatoms. The Hall–Kier alpha value is -1.98. The Morgan fingerprint density at radius 2 is 1.79 bits per heavy atom. The zero-order chi connectivity index (χ0) is 23.2. The van der Waals surface area contributed by atoms with E-state index in [1.54, 1.807) is 0 Å². The highest BCUT2D eigenvalue weighted by molar-refractivity contribution is 5.93. The van der Waals surface area contributed by atoms with Crippen molar-refractivity contribution in [2.24, 2.45) is 39.9 Å². The second kappa shape index (κ2) is 7.02. The first-order valence-corrected chi connectivity index (χ1v) is 12.7. The Labute approximate surface area is 194 Å². The molecule has 5 aliphatic rings. The number of hydrogen-bond acceptors (Lipinski definition) is 2. The zero-order valence-electron chi connectivity index (χ0n) is 19.6. The minimum absolute atomic E-state index is 0.0661. The van der Waals surface area contributed by atoms with E-state index in [0.717, 1.165) is 44.6 Å². The van der Waals surface area contributed by atoms with Gasteiger partial charge in [0.25, 0.3) is 0 Å². The molecule has 6 rings (SSSR count). The fourth-order valence-corrected chi connectivity index (χ4v) is 9.06. The molecular formula is C27H34F2N2O2. The Morgan fingerprint density at radius 1 is 1.03 bits per heavy atom. The fourth-order valence-electron chi connectivity index (χ4n) is 9.06. The van der Waals surface area contributed by atoms with Crippen LogP contribution in [-0.4, -0.2) is 17.9 Å². The molecule has 1 aromatic carbocycles. The quantitative estimate of drug-likeness (QED) is 0.623. The summed E-state index contributed by atoms with van der Waals surface area (Å²) in [6, 6.07) is 4.22. The van der Waals surface area contributed by atoms with Crippen LogP contribution in [0.15, 0.2) is 18.2 Å². The summed E-state index contributed by atoms with van der Waals surface area (Å²) in [5.74, 6) is -0.450. The second-order valence-electron chi connectivity index (χ2n) is 12.2. The van der Waals surface area contributed by atoms with Gasteiger partial charge in [0.15, 0.2) is 11.6 Å². The number of fused-ring (bicyclic) bond motifs is 6. The molecule has 33 heavy (non-hydrogen) atoms. The molecule has 7 atom stereocenters. The molecule has 178 valence electrons. The summed E-state index contributed by atoms with van der Waals surface area (Å²) in [5.41, 5.74) is 0.199. The van der Waals surface area contributed by atoms with Gasteiger partial charge in [-0.1, -0.05) is 19.9 Å². The van der Waals surface area contributed by atoms with Crippen molar-refractivity contribution in [3.8, 4) is 0 Å². The maximum Gasteiger partial charge on any atom is 0.228 e. The Kier molecular flexibility index (Phi) is 4.58. The number of carbonyl (C=O) groups is 2. The first kappa shape index (κ1) is 21.5. The standard InChI is InChI=1S/C27H34F2N2O2/c1-25-10-8-17-15(14-27(12-13-27)24-26(17,2)11-9-21(32)31-24)16(25)6-7-18(25)23(33)30-20-5-3-4-19(28)22(20)29/h3-5,15-18,24H,6-14H2,1-2H3,(H,30,33)(H,31,32). The van der Waals surface area contributed by atoms with Crippen LogP contribution in [0.2, 0.25) is 0 Å². The third-order valence-corrected chi connectivity index (χ3v) is 10.8. The van der Waals surface area contributed by atoms with E-state index in [2.05, 4.69) is 24.5 Å². The van der Waals surface area contributed by atoms with Gasteiger partial charge in [0.05, 0.1) is 5.69 Å². The van der Waals surface area contributed by atoms with Crippen LogP contribution < -0.4 is 10.6 Å². The first-order valence-electron chi connectivity index (χ1n) is 12.7. The molecule has 1 saturated heterocycles. The number of piperidine rings is 1. The Balaban J connectivity index is 1.27. The van der Waals surface area contributed by atoms with E-state index >= 15 is 0 Å². The monoisotopic (exact) mass is 456 g/mol. The van der Waals surface area contributed by atoms with Gasteiger partial charge in [-0.25, -0.2) is 8.78 Å². The molecule has 0 aromatic heterocycles. The molecule has 2 amide bonds. The Bertz CT molecular complexity index is 1020. The van der Waals surface area contributed by atoms with E-state index < -0.39 is 11.6 Å². The van der Waals surface area contributed by atoms with Gasteiger partial charge >= 0.3 is 0 Å². The van der Waals surface area contributed by atoms with Gasteiger partial charge in [0.2, 0.25) is 11.8 Å². The molecule has 1 aromatic rings. The van der Waals surface area contributed by atoms with Gasteiger partial charge in [-0.05, 0) is 97.5 Å². The minimum Gasteiger partial charge on any atom is -0.352 e. The molecule has 1 spiro atoms. The highest BCUT2D eigenvalue weighted by atomic mass is 19.2. The molecule has 0 radical (unpaired) electrons. The zero-order valence-corrected chi connectivity index (χ0v) is 19.6. The second-order valence-corrected chi connectivity index (χ2v) is 12.2. The first-order chi connectivity index (χ1) is 15.7. The topological polar surface area (TPSA) is 58.2 Å². The fraction of sp³-hybridized carbons (Fsp3) is 0.704. The average Bonchev–Trinajstić information content (AvgIpc) is 3.45. The third kappa shape index (κ3) is 2.97. The summed E-state index contributed by atoms with van der Waals surface area (Å²) in [7, 11) is 0. The van der Waals surface area contributed by atoms with Crippen LogP contribution in [-0.2, 0) is 9.59 Å². The summed E-state index contributed by atoms with van der Waals surface area (Å²) in [6.07, 6.45) is 9.02. The summed E-state index contributed by atoms with van der Waals surface area (Å²) in [6.45, 7) is 4.69. The van der Waals surface area contributed by atoms with E-state index in [4.69, 9.17) is 0 Å². The van der Waals surface area contributed by atoms with Gasteiger partial charge in [-0.15, -0.1) is 0 Å². The van der Waals surface area contributed by atoms with E-state index in [1.807, 2.05) is 0 Å². The molecule has 4 saturated carbocycles. The van der Waals surface area contributed by atoms with Crippen LogP contribution in [0, 0.1) is 51.6 Å². The summed E-state index contributed by atoms with van der Waals surface area (Å²) in [5, 5.41) is 6.12. The van der Waals surface area contributed by atoms with E-state index in [-0.39, 0.29) is 39.7 Å². The van der Waals surface area contributed by atoms with E-state index in [1.165, 1.54) is 25.0 Å². The normalized spacial score (nSPS) is 42.7. The van der Waals surface area contributed by atoms with Crippen LogP contribution in [0.3, 0.4) is 0 Å². The van der Waals surface area contributed by atoms with E-state index in [0.29, 0.717) is 30.2 Å². The number of anilines is 1. The van der Waals surface area contributed by atoms with Gasteiger partial charge in [0, 0.05) is 18.4 Å². The van der Waals surface area contributed by atoms with E-state index in [9.17, 15) is 18.4 Å². The van der Waals surface area contributed by atoms with Gasteiger partial charge in [-0.3, -0.25) is 9.59 Å². The van der Waals surface area contributed by atoms with Crippen LogP contribution in [0.5, 0.6) is 0 Å². The maximum atomic E-state index is 14.2. The SMILES string of the molecule is CC12CCC3C(CC4(CC4)C4NC(=O)CCC34C)C1CCC2C(=O)Nc1cccc(F)c1F. The highest BCUT2D eigenvalue weighted by Gasteiger charge is 2.69. The van der Waals surface area contributed by atoms with Crippen molar-refractivity contribution in [3.63, 3.8) is 0 Å². The lowest BCUT2D eigenvalue weighted by Crippen LogP contribution is -2.65. The molecule has 2 N–H and O–H groups in total. The third-order valence-electron chi connectivity index (χ3n) is 10.8. The maximum absolute atomic E-state index is 14.2. The Morgan fingerprint density at radius 3 is 2.55 bits per heavy atom. The van der Waals surface area contributed by atoms with Gasteiger partial charge < -0.3 is 10.6 Å². The number of rotatable bonds is 2. The molecule has 4 nitrogen and oxygen atoms in total. The molecule has 0 bridgehead atoms. The van der Waals surface area contributed by atoms with Gasteiger partial charge in [0.1, 0.15) is 0 Å². The molecule has 1 aliphatic heterocycles. The van der Waals surface area contributed by atoms with Crippen molar-refractivity contribution in [1.82, 2.24) is 5.32 Å². The summed E-state index contributed by atoms with van der Waals surface area (Å²) >= 11 is 0. The molecular weight excluding hydrogens is 422 g/mol. The minimum atomic E-state index is -0.990. The van der Waals surface area contributed by atoms with Crippen molar-refractivity contribution >= 4 is 17.5 Å². The van der Waals surface area contributed by atoms with Gasteiger partial charge in [-0.2, -0.15) is 0 Å². The smallest absolute Gasteiger partial charge is 0.228 e. The summed E-state index contributed by atoms with van der Waals surface area (Å²) < 4.78 is 27.9. The van der Waals surface area contributed by atoms with Crippen LogP contribution in [0.4, 0.5) is 14.5 Å². The van der Waals surface area contributed by atoms with Crippen molar-refractivity contribution < 1.29 is 18.4 Å². The number of benzene rings is 1. The number of nitrogens with one attached hydrogen (secondary N) is 2. The van der Waals surface area contributed by atoms with Crippen molar-refractivity contribution in [1.29, 1.82) is 0 Å². The predicted octanol–water partition coefficient (Wildman–Crippen LogP) is 5.43. The lowest BCUT2D eigenvalue weighted by atomic mass is 9.44. The largest absolute Gasteiger partial charge is 0.352 e. The number of hydrogen-bond donors (Lipinski definition) is 2. The van der Waals surface area contributed by atoms with Crippen LogP contribution in [0.25, 0.3) is 0 Å². The van der Waals surface area contributed by atoms with Crippen molar-refractivity contribution in [2.75, 3.05) is 5.32 Å². The number of halogens is 2. The molecule has 5 fully saturated rings. The average molecular weight is 457 g/mol. The predicted molar refractivity (Wildman–Crippen MR) is 121 cm³/mol. The number of amides is 2. The van der Waals surface area contributed by atoms with Crippen LogP contribution >= 0.6 is 0 Å². The number of carbonyl (C=O) groups excluding carboxylic acids is 2. The molecule has 4 aliphatic carbocycles. The molecule has 1 heterocycles. The van der Waals surface area contributed by atoms with Crippen molar-refractivity contribution in [3.05, 3.63) is 29.8 Å². The lowest BCUT2D eigenvalue weighted by Gasteiger charge is -2.62. The van der Waals surface area contributed by atoms with Crippen molar-refractivity contribution in [2.45, 2.75) is 77.7 Å². The van der Waals surface area contributed by atoms with Crippen LogP contribution in [0.1, 0.15) is 71.6 Å². The summed E-state index contributed by atoms with van der Waals surface area (Å²) in [4.78, 5) is 25.6. The lowest BCUT2D eigenvalue weighted by molar-refractivity contribution is -0.149. The highest BCUT2D eigenvalue weighted by Crippen LogP contribution is 2.72.